The van der Waals surface area contributed by atoms with Gasteiger partial charge in [-0.3, -0.25) is 4.79 Å². The van der Waals surface area contributed by atoms with E-state index < -0.39 is 0 Å². The molecule has 0 saturated heterocycles. The first-order valence-electron chi connectivity index (χ1n) is 7.12. The predicted octanol–water partition coefficient (Wildman–Crippen LogP) is 4.60. The average Bonchev–Trinajstić information content (AvgIpc) is 2.49. The van der Waals surface area contributed by atoms with Gasteiger partial charge in [0.1, 0.15) is 5.75 Å². The molecular weight excluding hydrogens is 260 g/mol. The quantitative estimate of drug-likeness (QED) is 0.591. The molecule has 0 aliphatic rings. The van der Waals surface area contributed by atoms with Crippen molar-refractivity contribution < 1.29 is 9.53 Å². The number of rotatable bonds is 5. The molecular formula is C19H20O2. The fourth-order valence-electron chi connectivity index (χ4n) is 2.00. The van der Waals surface area contributed by atoms with Crippen molar-refractivity contribution in [3.63, 3.8) is 0 Å². The van der Waals surface area contributed by atoms with E-state index in [-0.39, 0.29) is 5.78 Å². The zero-order valence-corrected chi connectivity index (χ0v) is 12.7. The molecule has 2 aromatic rings. The van der Waals surface area contributed by atoms with Crippen molar-refractivity contribution in [2.45, 2.75) is 20.8 Å². The lowest BCUT2D eigenvalue weighted by Crippen LogP contribution is -1.95. The number of hydrogen-bond donors (Lipinski definition) is 0. The minimum absolute atomic E-state index is 0.0204. The summed E-state index contributed by atoms with van der Waals surface area (Å²) >= 11 is 0. The van der Waals surface area contributed by atoms with E-state index in [9.17, 15) is 4.79 Å². The summed E-state index contributed by atoms with van der Waals surface area (Å²) in [7, 11) is 0. The molecule has 0 aromatic heterocycles. The lowest BCUT2D eigenvalue weighted by Gasteiger charge is -2.03. The summed E-state index contributed by atoms with van der Waals surface area (Å²) in [5, 5.41) is 0. The molecule has 2 nitrogen and oxygen atoms in total. The summed E-state index contributed by atoms with van der Waals surface area (Å²) in [5.74, 6) is 0.863. The van der Waals surface area contributed by atoms with Crippen LogP contribution < -0.4 is 4.74 Å². The summed E-state index contributed by atoms with van der Waals surface area (Å²) in [6.45, 7) is 6.66. The zero-order valence-electron chi connectivity index (χ0n) is 12.7. The maximum atomic E-state index is 12.1. The molecule has 0 aliphatic heterocycles. The van der Waals surface area contributed by atoms with Crippen molar-refractivity contribution in [2.75, 3.05) is 6.61 Å². The molecule has 0 aliphatic carbocycles. The number of allylic oxidation sites excluding steroid dienone is 1. The molecule has 0 fully saturated rings. The molecule has 0 radical (unpaired) electrons. The molecule has 0 heterocycles. The van der Waals surface area contributed by atoms with Crippen LogP contribution in [0.2, 0.25) is 0 Å². The van der Waals surface area contributed by atoms with Gasteiger partial charge in [0.05, 0.1) is 6.61 Å². The highest BCUT2D eigenvalue weighted by atomic mass is 16.5. The van der Waals surface area contributed by atoms with Crippen molar-refractivity contribution >= 4 is 11.9 Å². The molecule has 0 unspecified atom stereocenters. The third-order valence-corrected chi connectivity index (χ3v) is 3.41. The minimum Gasteiger partial charge on any atom is -0.494 e. The number of carbonyl (C=O) groups is 1. The van der Waals surface area contributed by atoms with Crippen molar-refractivity contribution in [3.8, 4) is 5.75 Å². The average molecular weight is 280 g/mol. The first-order valence-corrected chi connectivity index (χ1v) is 7.12. The van der Waals surface area contributed by atoms with Crippen LogP contribution in [-0.4, -0.2) is 12.4 Å². The summed E-state index contributed by atoms with van der Waals surface area (Å²) < 4.78 is 5.39. The molecule has 0 bridgehead atoms. The Kier molecular flexibility index (Phi) is 4.94. The Morgan fingerprint density at radius 1 is 1.05 bits per heavy atom. The van der Waals surface area contributed by atoms with Crippen LogP contribution in [0.4, 0.5) is 0 Å². The Morgan fingerprint density at radius 3 is 2.38 bits per heavy atom. The zero-order chi connectivity index (χ0) is 15.2. The van der Waals surface area contributed by atoms with Crippen LogP contribution >= 0.6 is 0 Å². The summed E-state index contributed by atoms with van der Waals surface area (Å²) in [6, 6.07) is 13.5. The Bertz CT molecular complexity index is 652. The summed E-state index contributed by atoms with van der Waals surface area (Å²) in [5.41, 5.74) is 4.04. The number of aryl methyl sites for hydroxylation is 2. The van der Waals surface area contributed by atoms with Crippen LogP contribution in [0.25, 0.3) is 6.08 Å². The van der Waals surface area contributed by atoms with E-state index >= 15 is 0 Å². The largest absolute Gasteiger partial charge is 0.494 e. The highest BCUT2D eigenvalue weighted by Gasteiger charge is 2.03. The first kappa shape index (κ1) is 15.0. The van der Waals surface area contributed by atoms with E-state index in [2.05, 4.69) is 0 Å². The van der Waals surface area contributed by atoms with Gasteiger partial charge in [0.2, 0.25) is 0 Å². The van der Waals surface area contributed by atoms with E-state index in [1.165, 1.54) is 5.56 Å². The highest BCUT2D eigenvalue weighted by Crippen LogP contribution is 2.14. The second kappa shape index (κ2) is 6.89. The lowest BCUT2D eigenvalue weighted by atomic mass is 10.0. The van der Waals surface area contributed by atoms with E-state index in [4.69, 9.17) is 4.74 Å². The van der Waals surface area contributed by atoms with Gasteiger partial charge in [0.25, 0.3) is 0 Å². The fourth-order valence-corrected chi connectivity index (χ4v) is 2.00. The van der Waals surface area contributed by atoms with Gasteiger partial charge in [-0.25, -0.2) is 0 Å². The second-order valence-electron chi connectivity index (χ2n) is 5.00. The topological polar surface area (TPSA) is 26.3 Å². The van der Waals surface area contributed by atoms with Crippen LogP contribution in [0.3, 0.4) is 0 Å². The van der Waals surface area contributed by atoms with E-state index in [0.717, 1.165) is 22.4 Å². The van der Waals surface area contributed by atoms with Gasteiger partial charge in [-0.2, -0.15) is 0 Å². The van der Waals surface area contributed by atoms with Gasteiger partial charge >= 0.3 is 0 Å². The molecule has 0 spiro atoms. The molecule has 0 N–H and O–H groups in total. The standard InChI is InChI=1S/C19H20O2/c1-4-21-18-10-6-16(7-11-18)8-12-19(20)17-9-5-14(2)15(3)13-17/h5-13H,4H2,1-3H3/b12-8+. The predicted molar refractivity (Wildman–Crippen MR) is 86.9 cm³/mol. The van der Waals surface area contributed by atoms with Crippen molar-refractivity contribution in [3.05, 3.63) is 70.8 Å². The third-order valence-electron chi connectivity index (χ3n) is 3.41. The third kappa shape index (κ3) is 4.06. The normalized spacial score (nSPS) is 10.8. The van der Waals surface area contributed by atoms with Crippen molar-refractivity contribution in [2.24, 2.45) is 0 Å². The number of hydrogen-bond acceptors (Lipinski definition) is 2. The minimum atomic E-state index is 0.0204. The highest BCUT2D eigenvalue weighted by molar-refractivity contribution is 6.06. The van der Waals surface area contributed by atoms with Crippen molar-refractivity contribution in [1.82, 2.24) is 0 Å². The van der Waals surface area contributed by atoms with Crippen LogP contribution in [0.15, 0.2) is 48.5 Å². The molecule has 0 saturated carbocycles. The molecule has 2 aromatic carbocycles. The maximum Gasteiger partial charge on any atom is 0.185 e. The van der Waals surface area contributed by atoms with Crippen LogP contribution in [0.1, 0.15) is 34.0 Å². The second-order valence-corrected chi connectivity index (χ2v) is 5.00. The molecule has 108 valence electrons. The number of benzene rings is 2. The van der Waals surface area contributed by atoms with Gasteiger partial charge in [-0.1, -0.05) is 30.3 Å². The van der Waals surface area contributed by atoms with Crippen molar-refractivity contribution in [1.29, 1.82) is 0 Å². The number of carbonyl (C=O) groups excluding carboxylic acids is 1. The monoisotopic (exact) mass is 280 g/mol. The van der Waals surface area contributed by atoms with Gasteiger partial charge in [-0.05, 0) is 61.7 Å². The first-order chi connectivity index (χ1) is 10.1. The molecule has 2 heteroatoms. The molecule has 0 atom stereocenters. The fraction of sp³-hybridized carbons (Fsp3) is 0.211. The molecule has 0 amide bonds. The van der Waals surface area contributed by atoms with Gasteiger partial charge in [0, 0.05) is 5.56 Å². The summed E-state index contributed by atoms with van der Waals surface area (Å²) in [6.07, 6.45) is 3.44. The van der Waals surface area contributed by atoms with Crippen LogP contribution in [0, 0.1) is 13.8 Å². The smallest absolute Gasteiger partial charge is 0.185 e. The van der Waals surface area contributed by atoms with E-state index in [1.54, 1.807) is 6.08 Å². The van der Waals surface area contributed by atoms with E-state index in [0.29, 0.717) is 6.61 Å². The Morgan fingerprint density at radius 2 is 1.76 bits per heavy atom. The maximum absolute atomic E-state index is 12.1. The van der Waals surface area contributed by atoms with E-state index in [1.807, 2.05) is 69.3 Å². The SMILES string of the molecule is CCOc1ccc(/C=C/C(=O)c2ccc(C)c(C)c2)cc1. The lowest BCUT2D eigenvalue weighted by molar-refractivity contribution is 0.104. The number of ketones is 1. The number of ether oxygens (including phenoxy) is 1. The Hall–Kier alpha value is -2.35. The van der Waals surface area contributed by atoms with Crippen LogP contribution in [-0.2, 0) is 0 Å². The Balaban J connectivity index is 2.09. The van der Waals surface area contributed by atoms with Gasteiger partial charge in [0.15, 0.2) is 5.78 Å². The van der Waals surface area contributed by atoms with Gasteiger partial charge in [-0.15, -0.1) is 0 Å². The Labute approximate surface area is 126 Å². The molecule has 21 heavy (non-hydrogen) atoms. The van der Waals surface area contributed by atoms with Crippen LogP contribution in [0.5, 0.6) is 5.75 Å². The van der Waals surface area contributed by atoms with Gasteiger partial charge < -0.3 is 4.74 Å². The molecule has 2 rings (SSSR count). The summed E-state index contributed by atoms with van der Waals surface area (Å²) in [4.78, 5) is 12.1.